The van der Waals surface area contributed by atoms with Gasteiger partial charge in [0.05, 0.1) is 6.10 Å². The van der Waals surface area contributed by atoms with Crippen LogP contribution >= 0.6 is 0 Å². The molecule has 1 aromatic carbocycles. The number of ether oxygens (including phenoxy) is 2. The van der Waals surface area contributed by atoms with Crippen LogP contribution in [0.2, 0.25) is 0 Å². The standard InChI is InChI=1S/C22H30N4O4/c1-22(2,3)29-21(27)26-11-9-16(13-26)19-23-20(30-24-19)15-5-7-17(8-6-15)25-12-10-18(14-25)28-4/h5-8,16,18H,9-14H2,1-4H3/t16?,18-/m1/s1. The molecule has 8 nitrogen and oxygen atoms in total. The third-order valence-corrected chi connectivity index (χ3v) is 5.60. The van der Waals surface area contributed by atoms with Crippen LogP contribution in [-0.2, 0) is 9.47 Å². The van der Waals surface area contributed by atoms with E-state index in [0.717, 1.165) is 31.5 Å². The van der Waals surface area contributed by atoms with E-state index in [1.165, 1.54) is 5.69 Å². The summed E-state index contributed by atoms with van der Waals surface area (Å²) in [4.78, 5) is 20.9. The van der Waals surface area contributed by atoms with Crippen LogP contribution in [0.15, 0.2) is 28.8 Å². The normalized spacial score (nSPS) is 22.0. The Morgan fingerprint density at radius 3 is 2.57 bits per heavy atom. The van der Waals surface area contributed by atoms with Crippen LogP contribution in [0.25, 0.3) is 11.5 Å². The van der Waals surface area contributed by atoms with Crippen molar-refractivity contribution in [2.75, 3.05) is 38.2 Å². The largest absolute Gasteiger partial charge is 0.444 e. The van der Waals surface area contributed by atoms with E-state index in [2.05, 4.69) is 27.2 Å². The molecule has 1 amide bonds. The average Bonchev–Trinajstić information content (AvgIpc) is 3.46. The van der Waals surface area contributed by atoms with Crippen molar-refractivity contribution in [3.63, 3.8) is 0 Å². The van der Waals surface area contributed by atoms with Crippen LogP contribution < -0.4 is 4.90 Å². The number of aromatic nitrogens is 2. The average molecular weight is 415 g/mol. The maximum Gasteiger partial charge on any atom is 0.410 e. The molecule has 0 bridgehead atoms. The molecular formula is C22H30N4O4. The fourth-order valence-corrected chi connectivity index (χ4v) is 3.95. The molecule has 2 fully saturated rings. The van der Waals surface area contributed by atoms with E-state index < -0.39 is 5.60 Å². The molecule has 0 aliphatic carbocycles. The maximum atomic E-state index is 12.3. The lowest BCUT2D eigenvalue weighted by Gasteiger charge is -2.24. The topological polar surface area (TPSA) is 80.9 Å². The first-order valence-corrected chi connectivity index (χ1v) is 10.5. The van der Waals surface area contributed by atoms with Gasteiger partial charge in [-0.05, 0) is 57.9 Å². The van der Waals surface area contributed by atoms with Gasteiger partial charge in [0.1, 0.15) is 5.60 Å². The second-order valence-electron chi connectivity index (χ2n) is 9.01. The first-order valence-electron chi connectivity index (χ1n) is 10.5. The number of anilines is 1. The molecule has 2 aliphatic rings. The fourth-order valence-electron chi connectivity index (χ4n) is 3.95. The molecule has 162 valence electrons. The molecule has 2 aliphatic heterocycles. The quantitative estimate of drug-likeness (QED) is 0.755. The molecule has 2 atom stereocenters. The Kier molecular flexibility index (Phi) is 5.69. The van der Waals surface area contributed by atoms with Crippen molar-refractivity contribution < 1.29 is 18.8 Å². The maximum absolute atomic E-state index is 12.3. The predicted octanol–water partition coefficient (Wildman–Crippen LogP) is 3.69. The minimum atomic E-state index is -0.500. The van der Waals surface area contributed by atoms with E-state index in [0.29, 0.717) is 30.9 Å². The Labute approximate surface area is 177 Å². The van der Waals surface area contributed by atoms with E-state index in [1.54, 1.807) is 12.0 Å². The SMILES string of the molecule is CO[C@@H]1CCN(c2ccc(-c3nc(C4CCN(C(=O)OC(C)(C)C)C4)no3)cc2)C1. The summed E-state index contributed by atoms with van der Waals surface area (Å²) in [5.41, 5.74) is 1.56. The first kappa shape index (κ1) is 20.7. The van der Waals surface area contributed by atoms with Gasteiger partial charge >= 0.3 is 6.09 Å². The molecule has 2 saturated heterocycles. The van der Waals surface area contributed by atoms with Crippen molar-refractivity contribution >= 4 is 11.8 Å². The van der Waals surface area contributed by atoms with Gasteiger partial charge in [0, 0.05) is 50.5 Å². The molecule has 1 unspecified atom stereocenters. The number of nitrogens with zero attached hydrogens (tertiary/aromatic N) is 4. The van der Waals surface area contributed by atoms with Crippen molar-refractivity contribution in [3.8, 4) is 11.5 Å². The molecule has 0 saturated carbocycles. The van der Waals surface area contributed by atoms with Crippen LogP contribution in [-0.4, -0.2) is 66.1 Å². The lowest BCUT2D eigenvalue weighted by atomic mass is 10.1. The Morgan fingerprint density at radius 2 is 1.90 bits per heavy atom. The lowest BCUT2D eigenvalue weighted by Crippen LogP contribution is -2.35. The second-order valence-corrected chi connectivity index (χ2v) is 9.01. The Hall–Kier alpha value is -2.61. The van der Waals surface area contributed by atoms with Gasteiger partial charge in [-0.3, -0.25) is 0 Å². The van der Waals surface area contributed by atoms with Crippen molar-refractivity contribution in [1.82, 2.24) is 15.0 Å². The molecule has 4 rings (SSSR count). The van der Waals surface area contributed by atoms with Crippen LogP contribution in [0.5, 0.6) is 0 Å². The third-order valence-electron chi connectivity index (χ3n) is 5.60. The van der Waals surface area contributed by atoms with E-state index in [-0.39, 0.29) is 12.0 Å². The van der Waals surface area contributed by atoms with Gasteiger partial charge in [0.25, 0.3) is 5.89 Å². The number of benzene rings is 1. The van der Waals surface area contributed by atoms with Gasteiger partial charge in [-0.2, -0.15) is 4.98 Å². The number of likely N-dealkylation sites (tertiary alicyclic amines) is 1. The molecule has 0 N–H and O–H groups in total. The van der Waals surface area contributed by atoms with Crippen LogP contribution in [0, 0.1) is 0 Å². The van der Waals surface area contributed by atoms with E-state index in [9.17, 15) is 4.79 Å². The van der Waals surface area contributed by atoms with Gasteiger partial charge in [0.15, 0.2) is 5.82 Å². The monoisotopic (exact) mass is 414 g/mol. The highest BCUT2D eigenvalue weighted by molar-refractivity contribution is 5.68. The summed E-state index contributed by atoms with van der Waals surface area (Å²) in [7, 11) is 1.77. The number of methoxy groups -OCH3 is 1. The van der Waals surface area contributed by atoms with Crippen LogP contribution in [0.3, 0.4) is 0 Å². The number of carbonyl (C=O) groups excluding carboxylic acids is 1. The number of amides is 1. The number of rotatable bonds is 4. The minimum absolute atomic E-state index is 0.0601. The van der Waals surface area contributed by atoms with E-state index in [4.69, 9.17) is 14.0 Å². The van der Waals surface area contributed by atoms with Crippen LogP contribution in [0.1, 0.15) is 45.4 Å². The Balaban J connectivity index is 1.38. The summed E-state index contributed by atoms with van der Waals surface area (Å²) in [6, 6.07) is 8.18. The van der Waals surface area contributed by atoms with Gasteiger partial charge < -0.3 is 23.8 Å². The van der Waals surface area contributed by atoms with E-state index in [1.807, 2.05) is 32.9 Å². The summed E-state index contributed by atoms with van der Waals surface area (Å²) in [6.45, 7) is 8.70. The number of hydrogen-bond donors (Lipinski definition) is 0. The molecule has 3 heterocycles. The smallest absolute Gasteiger partial charge is 0.410 e. The third kappa shape index (κ3) is 4.59. The molecule has 0 radical (unpaired) electrons. The van der Waals surface area contributed by atoms with Gasteiger partial charge in [-0.15, -0.1) is 0 Å². The van der Waals surface area contributed by atoms with Crippen molar-refractivity contribution in [3.05, 3.63) is 30.1 Å². The number of hydrogen-bond acceptors (Lipinski definition) is 7. The zero-order chi connectivity index (χ0) is 21.3. The zero-order valence-electron chi connectivity index (χ0n) is 18.1. The summed E-state index contributed by atoms with van der Waals surface area (Å²) in [5, 5.41) is 4.17. The molecule has 30 heavy (non-hydrogen) atoms. The van der Waals surface area contributed by atoms with Gasteiger partial charge in [-0.1, -0.05) is 5.16 Å². The molecular weight excluding hydrogens is 384 g/mol. The van der Waals surface area contributed by atoms with Crippen molar-refractivity contribution in [2.24, 2.45) is 0 Å². The highest BCUT2D eigenvalue weighted by Crippen LogP contribution is 2.29. The fraction of sp³-hybridized carbons (Fsp3) is 0.591. The zero-order valence-corrected chi connectivity index (χ0v) is 18.1. The predicted molar refractivity (Wildman–Crippen MR) is 113 cm³/mol. The summed E-state index contributed by atoms with van der Waals surface area (Å²) < 4.78 is 16.4. The van der Waals surface area contributed by atoms with E-state index >= 15 is 0 Å². The Bertz CT molecular complexity index is 874. The highest BCUT2D eigenvalue weighted by atomic mass is 16.6. The number of carbonyl (C=O) groups is 1. The summed E-state index contributed by atoms with van der Waals surface area (Å²) in [5.74, 6) is 1.20. The Morgan fingerprint density at radius 1 is 1.13 bits per heavy atom. The molecule has 8 heteroatoms. The van der Waals surface area contributed by atoms with Gasteiger partial charge in [-0.25, -0.2) is 4.79 Å². The summed E-state index contributed by atoms with van der Waals surface area (Å²) in [6.07, 6.45) is 1.86. The first-order chi connectivity index (χ1) is 14.3. The van der Waals surface area contributed by atoms with Crippen molar-refractivity contribution in [2.45, 2.75) is 51.2 Å². The second kappa shape index (κ2) is 8.26. The lowest BCUT2D eigenvalue weighted by molar-refractivity contribution is 0.0292. The molecule has 2 aromatic rings. The summed E-state index contributed by atoms with van der Waals surface area (Å²) >= 11 is 0. The van der Waals surface area contributed by atoms with Crippen LogP contribution in [0.4, 0.5) is 10.5 Å². The molecule has 1 aromatic heterocycles. The van der Waals surface area contributed by atoms with Gasteiger partial charge in [0.2, 0.25) is 0 Å². The minimum Gasteiger partial charge on any atom is -0.444 e. The van der Waals surface area contributed by atoms with Crippen molar-refractivity contribution in [1.29, 1.82) is 0 Å². The molecule has 0 spiro atoms. The highest BCUT2D eigenvalue weighted by Gasteiger charge is 2.33.